The highest BCUT2D eigenvalue weighted by molar-refractivity contribution is 5.43. The SMILES string of the molecule is COCCOc1ccc(CCN2CC3C[C@H]2CN3)c(C)c1C. The first-order valence-electron chi connectivity index (χ1n) is 8.37. The molecule has 4 heteroatoms. The summed E-state index contributed by atoms with van der Waals surface area (Å²) in [6.07, 6.45) is 2.47. The van der Waals surface area contributed by atoms with Crippen molar-refractivity contribution in [3.05, 3.63) is 28.8 Å². The van der Waals surface area contributed by atoms with Crippen molar-refractivity contribution in [3.63, 3.8) is 0 Å². The first kappa shape index (κ1) is 15.8. The van der Waals surface area contributed by atoms with E-state index in [0.29, 0.717) is 13.2 Å². The third-order valence-electron chi connectivity index (χ3n) is 5.23. The van der Waals surface area contributed by atoms with E-state index in [1.54, 1.807) is 7.11 Å². The quantitative estimate of drug-likeness (QED) is 0.780. The summed E-state index contributed by atoms with van der Waals surface area (Å²) in [5.41, 5.74) is 4.09. The maximum absolute atomic E-state index is 5.79. The molecule has 4 nitrogen and oxygen atoms in total. The number of hydrogen-bond donors (Lipinski definition) is 1. The number of likely N-dealkylation sites (tertiary alicyclic amines) is 1. The Morgan fingerprint density at radius 3 is 2.77 bits per heavy atom. The molecule has 0 saturated carbocycles. The van der Waals surface area contributed by atoms with Crippen molar-refractivity contribution in [2.24, 2.45) is 0 Å². The molecule has 1 aromatic rings. The highest BCUT2D eigenvalue weighted by atomic mass is 16.5. The van der Waals surface area contributed by atoms with E-state index in [9.17, 15) is 0 Å². The van der Waals surface area contributed by atoms with E-state index >= 15 is 0 Å². The number of hydrogen-bond acceptors (Lipinski definition) is 4. The van der Waals surface area contributed by atoms with E-state index < -0.39 is 0 Å². The van der Waals surface area contributed by atoms with Crippen molar-refractivity contribution >= 4 is 0 Å². The van der Waals surface area contributed by atoms with Crippen LogP contribution in [0.1, 0.15) is 23.1 Å². The van der Waals surface area contributed by atoms with Gasteiger partial charge in [0.1, 0.15) is 12.4 Å². The van der Waals surface area contributed by atoms with Crippen molar-refractivity contribution in [1.82, 2.24) is 10.2 Å². The Kier molecular flexibility index (Phi) is 5.01. The van der Waals surface area contributed by atoms with Crippen LogP contribution in [0.2, 0.25) is 0 Å². The van der Waals surface area contributed by atoms with Gasteiger partial charge in [0, 0.05) is 38.8 Å². The normalized spacial score (nSPS) is 24.1. The van der Waals surface area contributed by atoms with Gasteiger partial charge in [0.25, 0.3) is 0 Å². The van der Waals surface area contributed by atoms with Crippen LogP contribution in [0.3, 0.4) is 0 Å². The molecule has 2 aliphatic rings. The largest absolute Gasteiger partial charge is 0.491 e. The van der Waals surface area contributed by atoms with Crippen LogP contribution in [0, 0.1) is 13.8 Å². The lowest BCUT2D eigenvalue weighted by atomic mass is 9.99. The lowest BCUT2D eigenvalue weighted by Crippen LogP contribution is -2.44. The summed E-state index contributed by atoms with van der Waals surface area (Å²) in [5.74, 6) is 0.989. The summed E-state index contributed by atoms with van der Waals surface area (Å²) in [6, 6.07) is 5.86. The molecular weight excluding hydrogens is 276 g/mol. The summed E-state index contributed by atoms with van der Waals surface area (Å²) in [6.45, 7) is 9.18. The van der Waals surface area contributed by atoms with Gasteiger partial charge in [-0.1, -0.05) is 6.07 Å². The Hall–Kier alpha value is -1.10. The van der Waals surface area contributed by atoms with Crippen LogP contribution in [-0.4, -0.2) is 56.9 Å². The third-order valence-corrected chi connectivity index (χ3v) is 5.23. The zero-order chi connectivity index (χ0) is 15.5. The predicted molar refractivity (Wildman–Crippen MR) is 88.8 cm³/mol. The summed E-state index contributed by atoms with van der Waals surface area (Å²) in [4.78, 5) is 2.65. The van der Waals surface area contributed by atoms with Crippen molar-refractivity contribution in [3.8, 4) is 5.75 Å². The molecule has 2 saturated heterocycles. The van der Waals surface area contributed by atoms with Crippen molar-refractivity contribution < 1.29 is 9.47 Å². The number of ether oxygens (including phenoxy) is 2. The lowest BCUT2D eigenvalue weighted by Gasteiger charge is -2.27. The van der Waals surface area contributed by atoms with E-state index in [4.69, 9.17) is 9.47 Å². The minimum atomic E-state index is 0.611. The second kappa shape index (κ2) is 6.99. The number of piperazine rings is 1. The molecule has 2 heterocycles. The molecule has 122 valence electrons. The molecule has 2 fully saturated rings. The number of methoxy groups -OCH3 is 1. The molecule has 3 rings (SSSR count). The number of benzene rings is 1. The molecule has 0 aromatic heterocycles. The monoisotopic (exact) mass is 304 g/mol. The van der Waals surface area contributed by atoms with Gasteiger partial charge in [-0.25, -0.2) is 0 Å². The van der Waals surface area contributed by atoms with Gasteiger partial charge in [-0.3, -0.25) is 4.90 Å². The van der Waals surface area contributed by atoms with Crippen LogP contribution in [0.5, 0.6) is 5.75 Å². The van der Waals surface area contributed by atoms with Gasteiger partial charge in [-0.15, -0.1) is 0 Å². The van der Waals surface area contributed by atoms with Gasteiger partial charge < -0.3 is 14.8 Å². The molecule has 22 heavy (non-hydrogen) atoms. The lowest BCUT2D eigenvalue weighted by molar-refractivity contribution is 0.146. The highest BCUT2D eigenvalue weighted by Crippen LogP contribution is 2.27. The topological polar surface area (TPSA) is 33.7 Å². The molecule has 1 N–H and O–H groups in total. The van der Waals surface area contributed by atoms with Gasteiger partial charge in [0.15, 0.2) is 0 Å². The molecule has 2 aliphatic heterocycles. The molecule has 1 unspecified atom stereocenters. The number of nitrogens with zero attached hydrogens (tertiary/aromatic N) is 1. The standard InChI is InChI=1S/C18H28N2O2/c1-13-14(2)18(22-9-8-21-3)5-4-15(13)6-7-20-12-16-10-17(20)11-19-16/h4-5,16-17,19H,6-12H2,1-3H3/t16?,17-/m0/s1. The van der Waals surface area contributed by atoms with E-state index in [2.05, 4.69) is 36.2 Å². The first-order valence-corrected chi connectivity index (χ1v) is 8.37. The second-order valence-corrected chi connectivity index (χ2v) is 6.55. The highest BCUT2D eigenvalue weighted by Gasteiger charge is 2.36. The Labute approximate surface area is 133 Å². The van der Waals surface area contributed by atoms with Crippen molar-refractivity contribution in [2.45, 2.75) is 38.8 Å². The minimum Gasteiger partial charge on any atom is -0.491 e. The van der Waals surface area contributed by atoms with Crippen LogP contribution < -0.4 is 10.1 Å². The summed E-state index contributed by atoms with van der Waals surface area (Å²) in [7, 11) is 1.70. The predicted octanol–water partition coefficient (Wildman–Crippen LogP) is 1.92. The number of fused-ring (bicyclic) bond motifs is 2. The fourth-order valence-electron chi connectivity index (χ4n) is 3.70. The van der Waals surface area contributed by atoms with Crippen molar-refractivity contribution in [1.29, 1.82) is 0 Å². The Morgan fingerprint density at radius 2 is 2.09 bits per heavy atom. The molecular formula is C18H28N2O2. The van der Waals surface area contributed by atoms with Gasteiger partial charge >= 0.3 is 0 Å². The van der Waals surface area contributed by atoms with E-state index in [1.165, 1.54) is 42.7 Å². The second-order valence-electron chi connectivity index (χ2n) is 6.55. The fraction of sp³-hybridized carbons (Fsp3) is 0.667. The van der Waals surface area contributed by atoms with E-state index in [-0.39, 0.29) is 0 Å². The zero-order valence-electron chi connectivity index (χ0n) is 14.0. The zero-order valence-corrected chi connectivity index (χ0v) is 14.0. The van der Waals surface area contributed by atoms with Gasteiger partial charge in [0.2, 0.25) is 0 Å². The summed E-state index contributed by atoms with van der Waals surface area (Å²) in [5, 5.41) is 3.57. The van der Waals surface area contributed by atoms with Crippen LogP contribution in [0.15, 0.2) is 12.1 Å². The van der Waals surface area contributed by atoms with Crippen LogP contribution in [0.4, 0.5) is 0 Å². The molecule has 0 amide bonds. The van der Waals surface area contributed by atoms with Crippen LogP contribution in [0.25, 0.3) is 0 Å². The number of rotatable bonds is 7. The van der Waals surface area contributed by atoms with Gasteiger partial charge in [-0.05, 0) is 49.4 Å². The van der Waals surface area contributed by atoms with Crippen LogP contribution in [-0.2, 0) is 11.2 Å². The molecule has 1 aromatic carbocycles. The molecule has 0 spiro atoms. The third kappa shape index (κ3) is 3.29. The maximum atomic E-state index is 5.79. The van der Waals surface area contributed by atoms with Crippen LogP contribution >= 0.6 is 0 Å². The maximum Gasteiger partial charge on any atom is 0.122 e. The molecule has 0 radical (unpaired) electrons. The Morgan fingerprint density at radius 1 is 1.23 bits per heavy atom. The van der Waals surface area contributed by atoms with E-state index in [0.717, 1.165) is 24.3 Å². The minimum absolute atomic E-state index is 0.611. The van der Waals surface area contributed by atoms with Gasteiger partial charge in [-0.2, -0.15) is 0 Å². The smallest absolute Gasteiger partial charge is 0.122 e. The van der Waals surface area contributed by atoms with Gasteiger partial charge in [0.05, 0.1) is 6.61 Å². The molecule has 0 aliphatic carbocycles. The molecule has 2 atom stereocenters. The van der Waals surface area contributed by atoms with E-state index in [1.807, 2.05) is 0 Å². The average Bonchev–Trinajstić information content (AvgIpc) is 3.13. The Balaban J connectivity index is 1.58. The number of nitrogens with one attached hydrogen (secondary N) is 1. The van der Waals surface area contributed by atoms with Crippen molar-refractivity contribution in [2.75, 3.05) is 40.0 Å². The average molecular weight is 304 g/mol. The summed E-state index contributed by atoms with van der Waals surface area (Å²) >= 11 is 0. The molecule has 2 bridgehead atoms. The Bertz CT molecular complexity index is 518. The first-order chi connectivity index (χ1) is 10.7. The summed E-state index contributed by atoms with van der Waals surface area (Å²) < 4.78 is 10.8. The fourth-order valence-corrected chi connectivity index (χ4v) is 3.70.